The molecule has 1 aromatic heterocycles. The van der Waals surface area contributed by atoms with Crippen LogP contribution in [-0.4, -0.2) is 22.5 Å². The topological polar surface area (TPSA) is 16.1 Å². The highest BCUT2D eigenvalue weighted by molar-refractivity contribution is 7.09. The molecule has 1 saturated heterocycles. The molecule has 2 nitrogen and oxygen atoms in total. The van der Waals surface area contributed by atoms with Crippen molar-refractivity contribution in [3.05, 3.63) is 16.1 Å². The van der Waals surface area contributed by atoms with Crippen molar-refractivity contribution in [1.82, 2.24) is 9.88 Å². The zero-order valence-corrected chi connectivity index (χ0v) is 11.5. The fourth-order valence-corrected chi connectivity index (χ4v) is 3.30. The summed E-state index contributed by atoms with van der Waals surface area (Å²) in [6.07, 6.45) is 2.68. The van der Waals surface area contributed by atoms with Gasteiger partial charge in [-0.25, -0.2) is 4.98 Å². The van der Waals surface area contributed by atoms with E-state index in [0.29, 0.717) is 11.9 Å². The number of likely N-dealkylation sites (tertiary alicyclic amines) is 1. The Labute approximate surface area is 107 Å². The molecule has 0 aromatic carbocycles. The number of alkyl halides is 1. The van der Waals surface area contributed by atoms with E-state index in [1.54, 1.807) is 11.3 Å². The van der Waals surface area contributed by atoms with Crippen molar-refractivity contribution in [1.29, 1.82) is 0 Å². The maximum Gasteiger partial charge on any atom is 0.107 e. The summed E-state index contributed by atoms with van der Waals surface area (Å²) in [5.74, 6) is 1.35. The van der Waals surface area contributed by atoms with Gasteiger partial charge in [-0.3, -0.25) is 4.90 Å². The maximum absolute atomic E-state index is 5.77. The van der Waals surface area contributed by atoms with Crippen LogP contribution in [0.25, 0.3) is 0 Å². The summed E-state index contributed by atoms with van der Waals surface area (Å²) in [6.45, 7) is 6.86. The largest absolute Gasteiger partial charge is 0.294 e. The molecule has 90 valence electrons. The number of thiazole rings is 1. The minimum atomic E-state index is 0.530. The van der Waals surface area contributed by atoms with Gasteiger partial charge in [-0.05, 0) is 25.7 Å². The van der Waals surface area contributed by atoms with Gasteiger partial charge in [0.25, 0.3) is 0 Å². The van der Waals surface area contributed by atoms with Gasteiger partial charge in [0.1, 0.15) is 5.01 Å². The molecule has 0 amide bonds. The summed E-state index contributed by atoms with van der Waals surface area (Å²) in [5, 5.41) is 3.28. The Morgan fingerprint density at radius 3 is 3.00 bits per heavy atom. The molecule has 2 rings (SSSR count). The molecule has 0 bridgehead atoms. The highest BCUT2D eigenvalue weighted by atomic mass is 35.5. The molecule has 0 saturated carbocycles. The van der Waals surface area contributed by atoms with Gasteiger partial charge in [-0.15, -0.1) is 22.9 Å². The van der Waals surface area contributed by atoms with Crippen molar-refractivity contribution in [2.24, 2.45) is 5.92 Å². The summed E-state index contributed by atoms with van der Waals surface area (Å²) >= 11 is 7.50. The third kappa shape index (κ3) is 2.96. The molecule has 2 atom stereocenters. The lowest BCUT2D eigenvalue weighted by molar-refractivity contribution is 0.117. The van der Waals surface area contributed by atoms with Gasteiger partial charge in [-0.2, -0.15) is 0 Å². The van der Waals surface area contributed by atoms with Crippen molar-refractivity contribution in [2.45, 2.75) is 45.2 Å². The standard InChI is InChI=1S/C12H19ClN2S/c1-9-3-4-10(2)15(6-9)7-12-14-11(5-13)8-16-12/h8-10H,3-7H2,1-2H3. The number of hydrogen-bond acceptors (Lipinski definition) is 3. The molecule has 0 aliphatic carbocycles. The molecule has 1 fully saturated rings. The lowest BCUT2D eigenvalue weighted by Crippen LogP contribution is -2.40. The molecule has 16 heavy (non-hydrogen) atoms. The first kappa shape index (κ1) is 12.3. The average Bonchev–Trinajstić information content (AvgIpc) is 2.71. The molecule has 2 unspecified atom stereocenters. The number of halogens is 1. The fraction of sp³-hybridized carbons (Fsp3) is 0.750. The van der Waals surface area contributed by atoms with Gasteiger partial charge in [0.15, 0.2) is 0 Å². The molecule has 1 aliphatic rings. The number of hydrogen-bond donors (Lipinski definition) is 0. The minimum Gasteiger partial charge on any atom is -0.294 e. The van der Waals surface area contributed by atoms with E-state index >= 15 is 0 Å². The first-order valence-electron chi connectivity index (χ1n) is 5.92. The lowest BCUT2D eigenvalue weighted by atomic mass is 9.95. The van der Waals surface area contributed by atoms with Gasteiger partial charge in [0.05, 0.1) is 18.1 Å². The first-order valence-corrected chi connectivity index (χ1v) is 7.33. The number of rotatable bonds is 3. The summed E-state index contributed by atoms with van der Waals surface area (Å²) in [4.78, 5) is 7.07. The van der Waals surface area contributed by atoms with E-state index in [2.05, 4.69) is 29.1 Å². The molecular weight excluding hydrogens is 240 g/mol. The van der Waals surface area contributed by atoms with E-state index < -0.39 is 0 Å². The van der Waals surface area contributed by atoms with Crippen molar-refractivity contribution in [2.75, 3.05) is 6.54 Å². The number of piperidine rings is 1. The Kier molecular flexibility index (Phi) is 4.22. The van der Waals surface area contributed by atoms with Crippen LogP contribution in [0.2, 0.25) is 0 Å². The predicted octanol–water partition coefficient (Wildman–Crippen LogP) is 3.50. The number of aromatic nitrogens is 1. The van der Waals surface area contributed by atoms with Crippen LogP contribution in [0.5, 0.6) is 0 Å². The van der Waals surface area contributed by atoms with Crippen LogP contribution in [0.15, 0.2) is 5.38 Å². The zero-order valence-electron chi connectivity index (χ0n) is 9.95. The second-order valence-electron chi connectivity index (χ2n) is 4.83. The quantitative estimate of drug-likeness (QED) is 0.772. The molecule has 2 heterocycles. The van der Waals surface area contributed by atoms with E-state index in [1.165, 1.54) is 24.4 Å². The van der Waals surface area contributed by atoms with Crippen molar-refractivity contribution in [3.8, 4) is 0 Å². The van der Waals surface area contributed by atoms with Crippen molar-refractivity contribution >= 4 is 22.9 Å². The summed E-state index contributed by atoms with van der Waals surface area (Å²) < 4.78 is 0. The lowest BCUT2D eigenvalue weighted by Gasteiger charge is -2.36. The minimum absolute atomic E-state index is 0.530. The predicted molar refractivity (Wildman–Crippen MR) is 69.9 cm³/mol. The highest BCUT2D eigenvalue weighted by Gasteiger charge is 2.23. The Bertz CT molecular complexity index is 340. The molecule has 4 heteroatoms. The molecule has 0 spiro atoms. The van der Waals surface area contributed by atoms with Gasteiger partial charge >= 0.3 is 0 Å². The van der Waals surface area contributed by atoms with Crippen molar-refractivity contribution < 1.29 is 0 Å². The zero-order chi connectivity index (χ0) is 11.5. The smallest absolute Gasteiger partial charge is 0.107 e. The SMILES string of the molecule is CC1CCC(C)N(Cc2nc(CCl)cs2)C1. The molecule has 1 aliphatic heterocycles. The molecule has 1 aromatic rings. The van der Waals surface area contributed by atoms with Gasteiger partial charge < -0.3 is 0 Å². The van der Waals surface area contributed by atoms with Crippen LogP contribution in [-0.2, 0) is 12.4 Å². The third-order valence-corrected chi connectivity index (χ3v) is 4.48. The second-order valence-corrected chi connectivity index (χ2v) is 6.04. The Hall–Kier alpha value is -0.120. The fourth-order valence-electron chi connectivity index (χ4n) is 2.26. The van der Waals surface area contributed by atoms with Crippen LogP contribution in [0.4, 0.5) is 0 Å². The van der Waals surface area contributed by atoms with Crippen LogP contribution >= 0.6 is 22.9 Å². The maximum atomic E-state index is 5.77. The molecular formula is C12H19ClN2S. The van der Waals surface area contributed by atoms with Crippen LogP contribution in [0, 0.1) is 5.92 Å². The van der Waals surface area contributed by atoms with Crippen molar-refractivity contribution in [3.63, 3.8) is 0 Å². The van der Waals surface area contributed by atoms with E-state index in [4.69, 9.17) is 11.6 Å². The molecule has 0 N–H and O–H groups in total. The monoisotopic (exact) mass is 258 g/mol. The van der Waals surface area contributed by atoms with E-state index in [1.807, 2.05) is 0 Å². The Morgan fingerprint density at radius 1 is 1.50 bits per heavy atom. The van der Waals surface area contributed by atoms with Crippen LogP contribution < -0.4 is 0 Å². The second kappa shape index (κ2) is 5.48. The van der Waals surface area contributed by atoms with E-state index in [-0.39, 0.29) is 0 Å². The van der Waals surface area contributed by atoms with Crippen LogP contribution in [0.3, 0.4) is 0 Å². The van der Waals surface area contributed by atoms with Gasteiger partial charge in [0, 0.05) is 18.0 Å². The van der Waals surface area contributed by atoms with Gasteiger partial charge in [-0.1, -0.05) is 6.92 Å². The van der Waals surface area contributed by atoms with Gasteiger partial charge in [0.2, 0.25) is 0 Å². The summed E-state index contributed by atoms with van der Waals surface area (Å²) in [7, 11) is 0. The normalized spacial score (nSPS) is 27.2. The average molecular weight is 259 g/mol. The first-order chi connectivity index (χ1) is 7.69. The highest BCUT2D eigenvalue weighted by Crippen LogP contribution is 2.24. The summed E-state index contributed by atoms with van der Waals surface area (Å²) in [6, 6.07) is 0.694. The Morgan fingerprint density at radius 2 is 2.31 bits per heavy atom. The van der Waals surface area contributed by atoms with Crippen LogP contribution in [0.1, 0.15) is 37.4 Å². The number of nitrogens with zero attached hydrogens (tertiary/aromatic N) is 2. The van der Waals surface area contributed by atoms with E-state index in [0.717, 1.165) is 18.2 Å². The van der Waals surface area contributed by atoms with E-state index in [9.17, 15) is 0 Å². The Balaban J connectivity index is 1.97. The third-order valence-electron chi connectivity index (χ3n) is 3.32. The summed E-state index contributed by atoms with van der Waals surface area (Å²) in [5.41, 5.74) is 1.01. The molecule has 0 radical (unpaired) electrons.